The van der Waals surface area contributed by atoms with E-state index in [9.17, 15) is 9.59 Å². The number of aromatic nitrogens is 2. The van der Waals surface area contributed by atoms with Gasteiger partial charge in [0.2, 0.25) is 0 Å². The van der Waals surface area contributed by atoms with Gasteiger partial charge in [-0.05, 0) is 24.3 Å². The van der Waals surface area contributed by atoms with Gasteiger partial charge in [-0.2, -0.15) is 0 Å². The summed E-state index contributed by atoms with van der Waals surface area (Å²) in [5.41, 5.74) is 0.695. The molecule has 0 saturated carbocycles. The molecule has 96 valence electrons. The molecule has 1 heterocycles. The molecule has 0 atom stereocenters. The maximum Gasteiger partial charge on any atom is 0.335 e. The van der Waals surface area contributed by atoms with E-state index in [1.54, 1.807) is 0 Å². The van der Waals surface area contributed by atoms with E-state index in [0.717, 1.165) is 0 Å². The topological polar surface area (TPSA) is 83.0 Å². The molecular weight excluding hydrogens is 264 g/mol. The SMILES string of the molecule is C=C/C=C(\S)c1nc2cc(C(=O)O)ccc2[nH]c1=O. The van der Waals surface area contributed by atoms with Crippen molar-refractivity contribution in [3.05, 3.63) is 58.5 Å². The molecule has 0 amide bonds. The van der Waals surface area contributed by atoms with E-state index in [0.29, 0.717) is 15.9 Å². The molecule has 0 saturated heterocycles. The standard InChI is InChI=1S/C13H10N2O3S/c1-2-3-10(19)11-12(16)15-8-5-4-7(13(17)18)6-9(8)14-11/h2-6,19H,1H2,(H,15,16)(H,17,18)/b10-3-. The van der Waals surface area contributed by atoms with Gasteiger partial charge < -0.3 is 10.1 Å². The highest BCUT2D eigenvalue weighted by Crippen LogP contribution is 2.16. The number of hydrogen-bond donors (Lipinski definition) is 3. The summed E-state index contributed by atoms with van der Waals surface area (Å²) in [6, 6.07) is 4.31. The molecule has 0 aliphatic carbocycles. The number of carboxylic acids is 1. The third-order valence-corrected chi connectivity index (χ3v) is 2.82. The lowest BCUT2D eigenvalue weighted by Gasteiger charge is -2.03. The van der Waals surface area contributed by atoms with Crippen molar-refractivity contribution in [1.29, 1.82) is 0 Å². The first kappa shape index (κ1) is 13.1. The summed E-state index contributed by atoms with van der Waals surface area (Å²) in [5, 5.41) is 8.92. The Labute approximate surface area is 113 Å². The predicted octanol–water partition coefficient (Wildman–Crippen LogP) is 2.08. The van der Waals surface area contributed by atoms with Crippen LogP contribution in [0.5, 0.6) is 0 Å². The monoisotopic (exact) mass is 274 g/mol. The van der Waals surface area contributed by atoms with E-state index in [4.69, 9.17) is 5.11 Å². The van der Waals surface area contributed by atoms with Crippen LogP contribution in [0.3, 0.4) is 0 Å². The van der Waals surface area contributed by atoms with Crippen molar-refractivity contribution in [2.45, 2.75) is 0 Å². The van der Waals surface area contributed by atoms with E-state index >= 15 is 0 Å². The van der Waals surface area contributed by atoms with Gasteiger partial charge in [0.1, 0.15) is 5.69 Å². The van der Waals surface area contributed by atoms with E-state index < -0.39 is 11.5 Å². The van der Waals surface area contributed by atoms with Gasteiger partial charge in [0.25, 0.3) is 5.56 Å². The summed E-state index contributed by atoms with van der Waals surface area (Å²) in [4.78, 5) is 29.8. The van der Waals surface area contributed by atoms with Gasteiger partial charge in [-0.15, -0.1) is 12.6 Å². The van der Waals surface area contributed by atoms with E-state index in [2.05, 4.69) is 29.2 Å². The van der Waals surface area contributed by atoms with Crippen molar-refractivity contribution in [2.24, 2.45) is 0 Å². The van der Waals surface area contributed by atoms with Gasteiger partial charge in [-0.3, -0.25) is 4.79 Å². The predicted molar refractivity (Wildman–Crippen MR) is 76.5 cm³/mol. The first-order chi connectivity index (χ1) is 9.02. The molecule has 0 spiro atoms. The Bertz CT molecular complexity index is 762. The van der Waals surface area contributed by atoms with Crippen molar-refractivity contribution in [1.82, 2.24) is 9.97 Å². The molecule has 0 bridgehead atoms. The molecule has 0 unspecified atom stereocenters. The molecule has 6 heteroatoms. The quantitative estimate of drug-likeness (QED) is 0.591. The summed E-state index contributed by atoms with van der Waals surface area (Å²) in [6.07, 6.45) is 3.02. The maximum atomic E-state index is 11.8. The minimum absolute atomic E-state index is 0.103. The van der Waals surface area contributed by atoms with Gasteiger partial charge in [-0.1, -0.05) is 12.7 Å². The van der Waals surface area contributed by atoms with Crippen molar-refractivity contribution in [3.63, 3.8) is 0 Å². The average molecular weight is 274 g/mol. The third kappa shape index (κ3) is 2.58. The minimum atomic E-state index is -1.05. The van der Waals surface area contributed by atoms with Gasteiger partial charge in [0.05, 0.1) is 16.6 Å². The first-order valence-electron chi connectivity index (χ1n) is 5.32. The van der Waals surface area contributed by atoms with Crippen molar-refractivity contribution >= 4 is 34.5 Å². The molecule has 19 heavy (non-hydrogen) atoms. The second-order valence-electron chi connectivity index (χ2n) is 3.74. The third-order valence-electron chi connectivity index (χ3n) is 2.46. The van der Waals surface area contributed by atoms with E-state index in [1.807, 2.05) is 0 Å². The number of hydrogen-bond acceptors (Lipinski definition) is 4. The number of rotatable bonds is 3. The fourth-order valence-electron chi connectivity index (χ4n) is 1.58. The highest BCUT2D eigenvalue weighted by molar-refractivity contribution is 7.90. The second kappa shape index (κ2) is 5.11. The van der Waals surface area contributed by atoms with Crippen LogP contribution in [-0.4, -0.2) is 21.0 Å². The van der Waals surface area contributed by atoms with Gasteiger partial charge in [0, 0.05) is 4.91 Å². The van der Waals surface area contributed by atoms with Crippen LogP contribution < -0.4 is 5.56 Å². The van der Waals surface area contributed by atoms with Crippen LogP contribution in [0.1, 0.15) is 16.1 Å². The number of carbonyl (C=O) groups is 1. The van der Waals surface area contributed by atoms with Gasteiger partial charge in [-0.25, -0.2) is 9.78 Å². The number of H-pyrrole nitrogens is 1. The van der Waals surface area contributed by atoms with Crippen LogP contribution >= 0.6 is 12.6 Å². The Morgan fingerprint density at radius 2 is 2.21 bits per heavy atom. The second-order valence-corrected chi connectivity index (χ2v) is 4.22. The fraction of sp³-hybridized carbons (Fsp3) is 0. The smallest absolute Gasteiger partial charge is 0.335 e. The number of aromatic carboxylic acids is 1. The molecule has 0 radical (unpaired) electrons. The molecule has 2 rings (SSSR count). The average Bonchev–Trinajstić information content (AvgIpc) is 2.37. The molecule has 0 fully saturated rings. The Morgan fingerprint density at radius 3 is 2.84 bits per heavy atom. The van der Waals surface area contributed by atoms with E-state index in [-0.39, 0.29) is 11.3 Å². The lowest BCUT2D eigenvalue weighted by atomic mass is 10.2. The Balaban J connectivity index is 2.71. The van der Waals surface area contributed by atoms with Crippen LogP contribution in [0.4, 0.5) is 0 Å². The van der Waals surface area contributed by atoms with Crippen molar-refractivity contribution in [3.8, 4) is 0 Å². The number of thiol groups is 1. The molecule has 2 aromatic rings. The van der Waals surface area contributed by atoms with Gasteiger partial charge >= 0.3 is 5.97 Å². The lowest BCUT2D eigenvalue weighted by Crippen LogP contribution is -2.13. The number of allylic oxidation sites excluding steroid dienone is 2. The molecule has 5 nitrogen and oxygen atoms in total. The largest absolute Gasteiger partial charge is 0.478 e. The highest BCUT2D eigenvalue weighted by Gasteiger charge is 2.09. The van der Waals surface area contributed by atoms with Gasteiger partial charge in [0.15, 0.2) is 0 Å². The Hall–Kier alpha value is -2.34. The molecule has 0 aliphatic rings. The van der Waals surface area contributed by atoms with Crippen molar-refractivity contribution < 1.29 is 9.90 Å². The highest BCUT2D eigenvalue weighted by atomic mass is 32.1. The normalized spacial score (nSPS) is 11.5. The van der Waals surface area contributed by atoms with Crippen LogP contribution in [0.25, 0.3) is 15.9 Å². The molecule has 1 aromatic carbocycles. The molecule has 2 N–H and O–H groups in total. The number of carboxylic acid groups (broad SMARTS) is 1. The Kier molecular flexibility index (Phi) is 3.52. The molecule has 0 aliphatic heterocycles. The minimum Gasteiger partial charge on any atom is -0.478 e. The fourth-order valence-corrected chi connectivity index (χ4v) is 1.84. The zero-order valence-electron chi connectivity index (χ0n) is 9.75. The van der Waals surface area contributed by atoms with Crippen LogP contribution in [0.2, 0.25) is 0 Å². The number of fused-ring (bicyclic) bond motifs is 1. The zero-order chi connectivity index (χ0) is 14.0. The number of nitrogens with one attached hydrogen (secondary N) is 1. The molecular formula is C13H10N2O3S. The summed E-state index contributed by atoms with van der Waals surface area (Å²) in [6.45, 7) is 3.51. The van der Waals surface area contributed by atoms with Crippen molar-refractivity contribution in [2.75, 3.05) is 0 Å². The first-order valence-corrected chi connectivity index (χ1v) is 5.77. The molecule has 1 aromatic heterocycles. The number of benzene rings is 1. The lowest BCUT2D eigenvalue weighted by molar-refractivity contribution is 0.0697. The summed E-state index contributed by atoms with van der Waals surface area (Å²) < 4.78 is 0. The number of nitrogens with zero attached hydrogens (tertiary/aromatic N) is 1. The van der Waals surface area contributed by atoms with E-state index in [1.165, 1.54) is 30.4 Å². The number of aromatic amines is 1. The van der Waals surface area contributed by atoms with Crippen LogP contribution in [0, 0.1) is 0 Å². The summed E-state index contributed by atoms with van der Waals surface area (Å²) in [5.74, 6) is -1.05. The zero-order valence-corrected chi connectivity index (χ0v) is 10.6. The van der Waals surface area contributed by atoms with Crippen LogP contribution in [0.15, 0.2) is 41.7 Å². The summed E-state index contributed by atoms with van der Waals surface area (Å²) >= 11 is 4.15. The summed E-state index contributed by atoms with van der Waals surface area (Å²) in [7, 11) is 0. The maximum absolute atomic E-state index is 11.8. The van der Waals surface area contributed by atoms with Crippen LogP contribution in [-0.2, 0) is 0 Å². The Morgan fingerprint density at radius 1 is 1.47 bits per heavy atom.